The van der Waals surface area contributed by atoms with Crippen molar-refractivity contribution in [3.05, 3.63) is 140 Å². The zero-order valence-corrected chi connectivity index (χ0v) is 80.4. The van der Waals surface area contributed by atoms with Crippen molar-refractivity contribution in [1.29, 1.82) is 0 Å². The summed E-state index contributed by atoms with van der Waals surface area (Å²) in [5, 5.41) is 63.7. The fourth-order valence-corrected chi connectivity index (χ4v) is 18.4. The summed E-state index contributed by atoms with van der Waals surface area (Å²) in [5.41, 5.74) is -14.9. The van der Waals surface area contributed by atoms with E-state index in [1.807, 2.05) is 0 Å². The van der Waals surface area contributed by atoms with Gasteiger partial charge in [0.1, 0.15) is 34.7 Å². The molecule has 792 valence electrons. The van der Waals surface area contributed by atoms with Crippen LogP contribution in [0.15, 0.2) is 72.8 Å². The number of ether oxygens (including phenoxy) is 12. The van der Waals surface area contributed by atoms with E-state index in [2.05, 4.69) is 0 Å². The van der Waals surface area contributed by atoms with Crippen molar-refractivity contribution in [3.63, 3.8) is 0 Å². The first-order valence-electron chi connectivity index (χ1n) is 79.5. The van der Waals surface area contributed by atoms with Gasteiger partial charge in [-0.15, -0.1) is 0 Å². The van der Waals surface area contributed by atoms with E-state index < -0.39 is 332 Å². The lowest BCUT2D eigenvalue weighted by atomic mass is 9.79. The average Bonchev–Trinajstić information content (AvgIpc) is 0.668. The van der Waals surface area contributed by atoms with Crippen LogP contribution in [-0.2, 0) is 67.3 Å². The maximum absolute atomic E-state index is 13.6. The number of hydrogen-bond donors (Lipinski definition) is 6. The number of carbonyl (C=O) groups excluding carboxylic acids is 6. The van der Waals surface area contributed by atoms with Gasteiger partial charge in [0, 0.05) is 258 Å². The summed E-state index contributed by atoms with van der Waals surface area (Å²) >= 11 is 0. The molecule has 12 aliphatic heterocycles. The Morgan fingerprint density at radius 2 is 0.444 bits per heavy atom. The van der Waals surface area contributed by atoms with Crippen LogP contribution in [0.4, 0.5) is 0 Å². The molecule has 6 N–H and O–H groups in total. The van der Waals surface area contributed by atoms with Crippen LogP contribution < -0.4 is 56.8 Å². The number of piperidine rings is 6. The van der Waals surface area contributed by atoms with Gasteiger partial charge in [-0.05, 0) is 299 Å². The number of methoxy groups -OCH3 is 12. The molecule has 30 nitrogen and oxygen atoms in total. The minimum absolute atomic E-state index is 0.00519. The van der Waals surface area contributed by atoms with Crippen molar-refractivity contribution < 1.29 is 211 Å². The van der Waals surface area contributed by atoms with E-state index in [9.17, 15) is 59.4 Å². The van der Waals surface area contributed by atoms with Crippen molar-refractivity contribution in [2.75, 3.05) is 163 Å². The minimum atomic E-state index is -3.81. The molecule has 6 fully saturated rings. The number of hydrogen-bond acceptors (Lipinski definition) is 30. The van der Waals surface area contributed by atoms with Gasteiger partial charge in [0.15, 0.2) is 69.0 Å². The predicted molar refractivity (Wildman–Crippen MR) is 550 cm³/mol. The van der Waals surface area contributed by atoms with Crippen molar-refractivity contribution >= 4 is 34.7 Å². The molecule has 18 rings (SSSR count). The Morgan fingerprint density at radius 3 is 0.639 bits per heavy atom. The molecule has 6 saturated heterocycles. The second kappa shape index (κ2) is 46.5. The number of benzene rings is 6. The largest absolute Gasteiger partial charge is 0.493 e. The molecule has 0 amide bonds. The Balaban J connectivity index is 0.000000204. The molecule has 30 heteroatoms. The molecular weight excluding hydrogens is 1840 g/mol. The van der Waals surface area contributed by atoms with Crippen LogP contribution >= 0.6 is 0 Å². The number of nitrogens with zero attached hydrogens (tertiary/aromatic N) is 6. The van der Waals surface area contributed by atoms with Crippen molar-refractivity contribution in [1.82, 2.24) is 29.4 Å². The molecule has 0 aliphatic carbocycles. The zero-order chi connectivity index (χ0) is 165. The Kier molecular flexibility index (Phi) is 16.7. The highest BCUT2D eigenvalue weighted by Gasteiger charge is 2.48. The summed E-state index contributed by atoms with van der Waals surface area (Å²) in [7, 11) is -9.35. The van der Waals surface area contributed by atoms with E-state index in [1.165, 1.54) is 101 Å². The quantitative estimate of drug-likeness (QED) is 0.0328. The SMILES string of the molecule is [2H]C([2H])([2H])Oc1cc2c(cc1OC([2H])([2H])[2H])[C@@H]1CC(=O)[C@@H](C([2H])([2H])C(C)(O)C([2H])([2H])[2H])C([2H])([2H])N1CC2.[2H]C([2H])([2H])Oc1cc2c(cc1OC)CCN1[C@H]2C([2H])([2H])C(=O)[C@@]([2H])(C([2H])([2H])C(C)(O)C([2H])([2H])[2H])C1([2H])[2H].[2H]C([2H])([2H])Oc1cc2c(cc1OC)CCN1[C@H]2CC(=O)[C@@H](C([2H])([2H])C(C)(O)C([2H])([2H])[2H])C1([2H])[2H].[2H]C([2H])([2H])Oc1cc2c(cc1OC)[C@@H]1CC(=O)[C@@H](C([2H])([2H])C(C)(O)C([2H])([2H])[2H])C([2H])([2H])N1CC2.[2H]C([2H])([2H])Oc1cc2c(cc1OC)[C@H]1N(CC2)C([2H])([2H])[C@]([2H])(C([2H])([2H])C(C)(O)C([2H])([2H])[2H])C(=O)C1([2H])[2H].[2H]C1([2H])C(=O)[C@@]([2H])(C([2H])([2H])C(C)(O)C([2H])([2H])[2H])C([2H])([2H])N2CCc3cc(OC)c(OC)cc3[C@@H]21. The second-order valence-electron chi connectivity index (χ2n) is 36.1. The van der Waals surface area contributed by atoms with E-state index in [4.69, 9.17) is 151 Å². The zero-order valence-electron chi connectivity index (χ0n) is 149. The lowest BCUT2D eigenvalue weighted by Gasteiger charge is -2.44. The first kappa shape index (κ1) is 51.6. The van der Waals surface area contributed by atoms with E-state index in [1.54, 1.807) is 12.1 Å². The third-order valence-electron chi connectivity index (χ3n) is 24.6. The van der Waals surface area contributed by atoms with Crippen LogP contribution in [-0.4, -0.2) is 291 Å². The maximum Gasteiger partial charge on any atom is 0.161 e. The van der Waals surface area contributed by atoms with E-state index in [0.717, 1.165) is 45.6 Å². The number of rotatable bonds is 24. The molecule has 6 unspecified atom stereocenters. The van der Waals surface area contributed by atoms with Crippen LogP contribution in [0.3, 0.4) is 0 Å². The normalized spacial score (nSPS) is 39.7. The number of aliphatic hydroxyl groups is 6. The molecule has 144 heavy (non-hydrogen) atoms. The molecule has 0 spiro atoms. The topological polar surface area (TPSA) is 354 Å². The van der Waals surface area contributed by atoms with Gasteiger partial charge in [-0.3, -0.25) is 58.2 Å². The van der Waals surface area contributed by atoms with Gasteiger partial charge < -0.3 is 87.5 Å². The van der Waals surface area contributed by atoms with Crippen LogP contribution in [0.25, 0.3) is 0 Å². The first-order valence-corrected chi connectivity index (χ1v) is 45.0. The van der Waals surface area contributed by atoms with Gasteiger partial charge in [-0.1, -0.05) is 0 Å². The van der Waals surface area contributed by atoms with E-state index in [-0.39, 0.29) is 170 Å². The summed E-state index contributed by atoms with van der Waals surface area (Å²) in [6.45, 7) is -35.1. The van der Waals surface area contributed by atoms with Gasteiger partial charge in [-0.2, -0.15) is 0 Å². The molecule has 6 aromatic rings. The van der Waals surface area contributed by atoms with Gasteiger partial charge in [0.05, 0.1) is 143 Å². The number of ketones is 6. The number of Topliss-reactive ketones (excluding diaryl/α,β-unsaturated/α-hetero) is 6. The highest BCUT2D eigenvalue weighted by atomic mass is 16.5. The molecule has 0 saturated carbocycles. The van der Waals surface area contributed by atoms with Gasteiger partial charge >= 0.3 is 0 Å². The van der Waals surface area contributed by atoms with Crippen LogP contribution in [0.2, 0.25) is 0 Å². The molecule has 18 atom stereocenters. The first-order chi connectivity index (χ1) is 94.9. The lowest BCUT2D eigenvalue weighted by Crippen LogP contribution is -2.47. The van der Waals surface area contributed by atoms with E-state index >= 15 is 0 Å². The van der Waals surface area contributed by atoms with Gasteiger partial charge in [0.25, 0.3) is 0 Å². The third-order valence-corrected chi connectivity index (χ3v) is 24.6. The number of carbonyl (C=O) groups is 6. The monoisotopic (exact) mass is 2070 g/mol. The van der Waals surface area contributed by atoms with Crippen LogP contribution in [0.1, 0.15) is 357 Å². The fourth-order valence-electron chi connectivity index (χ4n) is 18.4. The standard InChI is InChI=1S/6C19H27NO4/c6*1-19(2,22)10-13-11-20-6-5-12-7-17(23-3)18(24-4)8-14(12)15(20)9-16(13)21/h6*7-8,13,15,22H,5-6,9-11H2,1-4H3/t6*13-,15-/m000000/s1/i1D3,4D3,9D2,10D2,11D2,13D;1D3,3D3,9D2,10D2,11D2,13D;1D3,9D2,10D2,11D2,13D;1D3,3D3,4D3,10D2,11D2;1D3,4D3,10D2,11D2;1D3,3D3,10D2,11D2/t6*13-,15-,19?. The highest BCUT2D eigenvalue weighted by molar-refractivity contribution is 5.87. The van der Waals surface area contributed by atoms with Crippen molar-refractivity contribution in [2.45, 2.75) is 268 Å². The molecule has 0 radical (unpaired) electrons. The van der Waals surface area contributed by atoms with Gasteiger partial charge in [-0.25, -0.2) is 0 Å². The Morgan fingerprint density at radius 1 is 0.271 bits per heavy atom. The third kappa shape index (κ3) is 27.1. The fraction of sp³-hybridized carbons (Fsp3) is 0.632. The molecule has 0 aromatic heterocycles. The predicted octanol–water partition coefficient (Wildman–Crippen LogP) is 14.1. The summed E-state index contributed by atoms with van der Waals surface area (Å²) in [5.74, 6) is -26.6. The van der Waals surface area contributed by atoms with Crippen molar-refractivity contribution in [2.24, 2.45) is 35.4 Å². The molecule has 6 aromatic carbocycles. The van der Waals surface area contributed by atoms with E-state index in [0.29, 0.717) is 78.0 Å². The molecule has 0 bridgehead atoms. The Hall–Kier alpha value is -9.54. The lowest BCUT2D eigenvalue weighted by molar-refractivity contribution is -0.132. The van der Waals surface area contributed by atoms with Crippen LogP contribution in [0.5, 0.6) is 69.0 Å². The summed E-state index contributed by atoms with van der Waals surface area (Å²) in [6.07, 6.45) is -30.6. The summed E-state index contributed by atoms with van der Waals surface area (Å²) in [4.78, 5) is 86.4. The summed E-state index contributed by atoms with van der Waals surface area (Å²) in [6, 6.07) is 8.47. The smallest absolute Gasteiger partial charge is 0.161 e. The average molecular weight is 2070 g/mol. The number of fused-ring (bicyclic) bond motifs is 18. The molecule has 12 aliphatic rings. The molecular formula is C114H162N6O24. The maximum atomic E-state index is 13.6. The van der Waals surface area contributed by atoms with Gasteiger partial charge in [0.2, 0.25) is 0 Å². The highest BCUT2D eigenvalue weighted by Crippen LogP contribution is 2.52. The Bertz CT molecular complexity index is 8750. The second-order valence-corrected chi connectivity index (χ2v) is 36.1. The van der Waals surface area contributed by atoms with Crippen LogP contribution in [0, 0.1) is 35.4 Å². The van der Waals surface area contributed by atoms with Crippen molar-refractivity contribution in [3.8, 4) is 69.0 Å². The minimum Gasteiger partial charge on any atom is -0.493 e. The Labute approximate surface area is 949 Å². The molecule has 12 heterocycles. The summed E-state index contributed by atoms with van der Waals surface area (Å²) < 4.78 is 612.